The molecule has 0 spiro atoms. The van der Waals surface area contributed by atoms with Crippen LogP contribution < -0.4 is 11.1 Å². The number of carbonyl (C=O) groups is 3. The smallest absolute Gasteiger partial charge is 0.326 e. The largest absolute Gasteiger partial charge is 0.481 e. The zero-order valence-corrected chi connectivity index (χ0v) is 12.0. The highest BCUT2D eigenvalue weighted by atomic mass is 35.5. The van der Waals surface area contributed by atoms with Gasteiger partial charge < -0.3 is 26.4 Å². The summed E-state index contributed by atoms with van der Waals surface area (Å²) in [6.45, 7) is -0.376. The highest BCUT2D eigenvalue weighted by molar-refractivity contribution is 5.92. The fraction of sp³-hybridized carbons (Fsp3) is 0.750. The Hall–Kier alpha value is -1.38. The van der Waals surface area contributed by atoms with E-state index in [9.17, 15) is 14.4 Å². The summed E-state index contributed by atoms with van der Waals surface area (Å²) in [7, 11) is 0. The summed E-state index contributed by atoms with van der Waals surface area (Å²) >= 11 is 0. The minimum absolute atomic E-state index is 0. The van der Waals surface area contributed by atoms with Crippen molar-refractivity contribution in [1.82, 2.24) is 5.32 Å². The van der Waals surface area contributed by atoms with Crippen molar-refractivity contribution in [3.05, 3.63) is 0 Å². The van der Waals surface area contributed by atoms with Crippen LogP contribution in [0, 0.1) is 17.8 Å². The molecule has 0 aromatic carbocycles. The molecule has 0 saturated heterocycles. The zero-order valence-electron chi connectivity index (χ0n) is 11.2. The first kappa shape index (κ1) is 17.7. The van der Waals surface area contributed by atoms with E-state index < -0.39 is 41.3 Å². The van der Waals surface area contributed by atoms with Crippen molar-refractivity contribution < 1.29 is 29.7 Å². The van der Waals surface area contributed by atoms with Crippen LogP contribution in [0.15, 0.2) is 0 Å². The van der Waals surface area contributed by atoms with Crippen LogP contribution in [0.5, 0.6) is 0 Å². The lowest BCUT2D eigenvalue weighted by atomic mass is 9.90. The highest BCUT2D eigenvalue weighted by Gasteiger charge is 2.69. The Morgan fingerprint density at radius 2 is 1.95 bits per heavy atom. The third-order valence-electron chi connectivity index (χ3n) is 4.38. The van der Waals surface area contributed by atoms with Crippen LogP contribution in [0.2, 0.25) is 0 Å². The second-order valence-corrected chi connectivity index (χ2v) is 5.51. The molecule has 0 aromatic rings. The first-order valence-corrected chi connectivity index (χ1v) is 6.49. The molecule has 9 heteroatoms. The van der Waals surface area contributed by atoms with Gasteiger partial charge in [-0.15, -0.1) is 12.4 Å². The molecule has 1 amide bonds. The van der Waals surface area contributed by atoms with Gasteiger partial charge in [0.1, 0.15) is 6.04 Å². The van der Waals surface area contributed by atoms with Gasteiger partial charge in [-0.25, -0.2) is 4.79 Å². The summed E-state index contributed by atoms with van der Waals surface area (Å²) in [6.07, 6.45) is 0.792. The molecule has 0 unspecified atom stereocenters. The maximum atomic E-state index is 12.2. The van der Waals surface area contributed by atoms with Gasteiger partial charge in [-0.05, 0) is 18.8 Å². The third-order valence-corrected chi connectivity index (χ3v) is 4.38. The summed E-state index contributed by atoms with van der Waals surface area (Å²) in [5.41, 5.74) is 4.71. The molecular weight excluding hydrogens is 304 g/mol. The van der Waals surface area contributed by atoms with Gasteiger partial charge in [0.2, 0.25) is 5.91 Å². The van der Waals surface area contributed by atoms with Crippen molar-refractivity contribution in [3.8, 4) is 0 Å². The molecule has 5 atom stereocenters. The summed E-state index contributed by atoms with van der Waals surface area (Å²) in [5, 5.41) is 29.0. The van der Waals surface area contributed by atoms with E-state index in [1.807, 2.05) is 0 Å². The van der Waals surface area contributed by atoms with Gasteiger partial charge in [0.15, 0.2) is 0 Å². The van der Waals surface area contributed by atoms with Gasteiger partial charge in [-0.3, -0.25) is 9.59 Å². The van der Waals surface area contributed by atoms with Crippen LogP contribution in [0.25, 0.3) is 0 Å². The Balaban J connectivity index is 0.00000220. The summed E-state index contributed by atoms with van der Waals surface area (Å²) < 4.78 is 0. The molecule has 0 bridgehead atoms. The molecule has 2 saturated carbocycles. The molecule has 0 aliphatic heterocycles. The fourth-order valence-electron chi connectivity index (χ4n) is 3.29. The van der Waals surface area contributed by atoms with Crippen LogP contribution in [-0.4, -0.2) is 51.4 Å². The third kappa shape index (κ3) is 2.97. The normalized spacial score (nSPS) is 34.3. The number of nitrogens with one attached hydrogen (secondary N) is 1. The number of halogens is 1. The minimum atomic E-state index is -1.32. The van der Waals surface area contributed by atoms with Gasteiger partial charge in [0.25, 0.3) is 0 Å². The van der Waals surface area contributed by atoms with Gasteiger partial charge in [-0.1, -0.05) is 0 Å². The summed E-state index contributed by atoms with van der Waals surface area (Å²) in [6, 6.07) is -1.21. The van der Waals surface area contributed by atoms with E-state index in [1.54, 1.807) is 0 Å². The van der Waals surface area contributed by atoms with Crippen molar-refractivity contribution in [2.45, 2.75) is 30.8 Å². The molecule has 2 fully saturated rings. The molecule has 0 radical (unpaired) electrons. The monoisotopic (exact) mass is 322 g/mol. The van der Waals surface area contributed by atoms with Gasteiger partial charge in [0, 0.05) is 18.9 Å². The van der Waals surface area contributed by atoms with Crippen molar-refractivity contribution in [2.75, 3.05) is 6.61 Å². The van der Waals surface area contributed by atoms with Gasteiger partial charge in [-0.2, -0.15) is 0 Å². The van der Waals surface area contributed by atoms with E-state index in [1.165, 1.54) is 0 Å². The number of aliphatic hydroxyl groups is 1. The molecule has 21 heavy (non-hydrogen) atoms. The number of rotatable bonds is 6. The number of fused-ring (bicyclic) bond motifs is 1. The van der Waals surface area contributed by atoms with Crippen LogP contribution in [0.4, 0.5) is 0 Å². The molecular formula is C12H19ClN2O6. The van der Waals surface area contributed by atoms with Crippen LogP contribution in [0.3, 0.4) is 0 Å². The number of aliphatic carboxylic acids is 2. The molecule has 2 aliphatic carbocycles. The molecule has 0 heterocycles. The van der Waals surface area contributed by atoms with Crippen molar-refractivity contribution in [2.24, 2.45) is 23.5 Å². The van der Waals surface area contributed by atoms with Crippen LogP contribution >= 0.6 is 12.4 Å². The minimum Gasteiger partial charge on any atom is -0.481 e. The second-order valence-electron chi connectivity index (χ2n) is 5.51. The van der Waals surface area contributed by atoms with E-state index in [0.29, 0.717) is 12.8 Å². The van der Waals surface area contributed by atoms with Crippen LogP contribution in [0.1, 0.15) is 19.3 Å². The SMILES string of the molecule is Cl.N[C@@]1(C(=O)N[C@@H](CCO)C(=O)O)CC[C@H]2[C@H](C(=O)O)[C@H]21. The fourth-order valence-corrected chi connectivity index (χ4v) is 3.29. The van der Waals surface area contributed by atoms with E-state index in [2.05, 4.69) is 5.32 Å². The maximum absolute atomic E-state index is 12.2. The number of nitrogens with two attached hydrogens (primary N) is 1. The van der Waals surface area contributed by atoms with Crippen molar-refractivity contribution >= 4 is 30.3 Å². The lowest BCUT2D eigenvalue weighted by Crippen LogP contribution is -2.58. The van der Waals surface area contributed by atoms with E-state index in [4.69, 9.17) is 21.1 Å². The Morgan fingerprint density at radius 1 is 1.33 bits per heavy atom. The first-order chi connectivity index (χ1) is 9.32. The zero-order chi connectivity index (χ0) is 15.1. The Bertz CT molecular complexity index is 459. The van der Waals surface area contributed by atoms with Crippen molar-refractivity contribution in [1.29, 1.82) is 0 Å². The number of amides is 1. The lowest BCUT2D eigenvalue weighted by Gasteiger charge is -2.27. The first-order valence-electron chi connectivity index (χ1n) is 6.49. The molecule has 6 N–H and O–H groups in total. The number of carbonyl (C=O) groups excluding carboxylic acids is 1. The average molecular weight is 323 g/mol. The predicted octanol–water partition coefficient (Wildman–Crippen LogP) is -1.20. The summed E-state index contributed by atoms with van der Waals surface area (Å²) in [4.78, 5) is 34.1. The average Bonchev–Trinajstić information content (AvgIpc) is 3.01. The van der Waals surface area contributed by atoms with E-state index >= 15 is 0 Å². The van der Waals surface area contributed by atoms with Gasteiger partial charge in [0.05, 0.1) is 11.5 Å². The molecule has 2 aliphatic rings. The molecule has 8 nitrogen and oxygen atoms in total. The van der Waals surface area contributed by atoms with Gasteiger partial charge >= 0.3 is 11.9 Å². The van der Waals surface area contributed by atoms with Crippen molar-refractivity contribution in [3.63, 3.8) is 0 Å². The van der Waals surface area contributed by atoms with Crippen LogP contribution in [-0.2, 0) is 14.4 Å². The highest BCUT2D eigenvalue weighted by Crippen LogP contribution is 2.61. The maximum Gasteiger partial charge on any atom is 0.326 e. The molecule has 2 rings (SSSR count). The number of hydrogen-bond donors (Lipinski definition) is 5. The van der Waals surface area contributed by atoms with E-state index in [0.717, 1.165) is 0 Å². The molecule has 120 valence electrons. The lowest BCUT2D eigenvalue weighted by molar-refractivity contribution is -0.144. The van der Waals surface area contributed by atoms with E-state index in [-0.39, 0.29) is 31.4 Å². The Labute approximate surface area is 127 Å². The quantitative estimate of drug-likeness (QED) is 0.412. The molecule has 0 aromatic heterocycles. The Kier molecular flexibility index (Phi) is 5.19. The number of carboxylic acid groups (broad SMARTS) is 2. The predicted molar refractivity (Wildman–Crippen MR) is 72.8 cm³/mol. The second kappa shape index (κ2) is 6.17. The number of hydrogen-bond acceptors (Lipinski definition) is 5. The Morgan fingerprint density at radius 3 is 2.38 bits per heavy atom. The summed E-state index contributed by atoms with van der Waals surface area (Å²) in [5.74, 6) is -3.99. The number of carboxylic acids is 2. The topological polar surface area (TPSA) is 150 Å². The standard InChI is InChI=1S/C12H18N2O6.ClH/c13-12(3-1-5-7(8(5)12)10(18)19)11(20)14-6(2-4-15)9(16)17;/h5-8,15H,1-4,13H2,(H,14,20)(H,16,17)(H,18,19);1H/t5-,6-,7-,8-,12-;/m0./s1. The number of aliphatic hydroxyl groups excluding tert-OH is 1.